The van der Waals surface area contributed by atoms with Crippen molar-refractivity contribution >= 4 is 23.6 Å². The Kier molecular flexibility index (Phi) is 5.34. The molecule has 1 heterocycles. The maximum absolute atomic E-state index is 11.9. The van der Waals surface area contributed by atoms with Gasteiger partial charge in [0.15, 0.2) is 0 Å². The molecule has 1 aromatic heterocycles. The second kappa shape index (κ2) is 7.44. The van der Waals surface area contributed by atoms with Gasteiger partial charge in [0.25, 0.3) is 11.8 Å². The van der Waals surface area contributed by atoms with Crippen molar-refractivity contribution in [1.82, 2.24) is 15.8 Å². The molecule has 0 bridgehead atoms. The monoisotopic (exact) mass is 301 g/mol. The Balaban J connectivity index is 1.91. The maximum Gasteiger partial charge on any atom is 0.271 e. The van der Waals surface area contributed by atoms with E-state index >= 15 is 0 Å². The third kappa shape index (κ3) is 4.32. The Hall–Kier alpha value is -2.34. The summed E-state index contributed by atoms with van der Waals surface area (Å²) in [5.41, 5.74) is 6.76. The summed E-state index contributed by atoms with van der Waals surface area (Å²) in [6.07, 6.45) is 5.03. The minimum atomic E-state index is -0.407. The molecule has 0 aliphatic heterocycles. The summed E-state index contributed by atoms with van der Waals surface area (Å²) in [4.78, 5) is 27.5. The van der Waals surface area contributed by atoms with E-state index in [-0.39, 0.29) is 5.91 Å². The minimum absolute atomic E-state index is 0.358. The maximum atomic E-state index is 11.9. The van der Waals surface area contributed by atoms with Gasteiger partial charge in [0, 0.05) is 23.7 Å². The molecule has 0 radical (unpaired) electrons. The van der Waals surface area contributed by atoms with E-state index in [0.717, 1.165) is 11.3 Å². The molecular formula is C15H15N3O2S. The number of aromatic nitrogens is 1. The molecule has 0 aliphatic rings. The van der Waals surface area contributed by atoms with Gasteiger partial charge in [-0.2, -0.15) is 11.8 Å². The predicted octanol–water partition coefficient (Wildman–Crippen LogP) is 2.02. The number of amides is 2. The first-order valence-electron chi connectivity index (χ1n) is 6.29. The number of hydrogen-bond donors (Lipinski definition) is 2. The highest BCUT2D eigenvalue weighted by molar-refractivity contribution is 7.97. The topological polar surface area (TPSA) is 71.1 Å². The van der Waals surface area contributed by atoms with Gasteiger partial charge in [-0.25, -0.2) is 0 Å². The minimum Gasteiger partial charge on any atom is -0.267 e. The number of nitrogens with one attached hydrogen (secondary N) is 2. The van der Waals surface area contributed by atoms with Crippen LogP contribution in [0.1, 0.15) is 26.3 Å². The third-order valence-corrected chi connectivity index (χ3v) is 3.36. The van der Waals surface area contributed by atoms with Crippen LogP contribution in [0.3, 0.4) is 0 Å². The van der Waals surface area contributed by atoms with Gasteiger partial charge >= 0.3 is 0 Å². The van der Waals surface area contributed by atoms with Crippen LogP contribution < -0.4 is 10.9 Å². The van der Waals surface area contributed by atoms with Gasteiger partial charge in [0.1, 0.15) is 0 Å². The molecule has 0 spiro atoms. The van der Waals surface area contributed by atoms with Gasteiger partial charge in [0.2, 0.25) is 0 Å². The van der Waals surface area contributed by atoms with Crippen LogP contribution in [0.2, 0.25) is 0 Å². The number of nitrogens with zero attached hydrogens (tertiary/aromatic N) is 1. The average Bonchev–Trinajstić information content (AvgIpc) is 2.54. The molecule has 108 valence electrons. The average molecular weight is 301 g/mol. The summed E-state index contributed by atoms with van der Waals surface area (Å²) >= 11 is 1.72. The lowest BCUT2D eigenvalue weighted by Gasteiger charge is -2.07. The van der Waals surface area contributed by atoms with Crippen molar-refractivity contribution in [2.45, 2.75) is 5.75 Å². The fraction of sp³-hybridized carbons (Fsp3) is 0.133. The largest absolute Gasteiger partial charge is 0.271 e. The molecule has 21 heavy (non-hydrogen) atoms. The van der Waals surface area contributed by atoms with Crippen molar-refractivity contribution in [2.75, 3.05) is 6.26 Å². The van der Waals surface area contributed by atoms with Crippen molar-refractivity contribution in [3.63, 3.8) is 0 Å². The molecule has 2 rings (SSSR count). The fourth-order valence-corrected chi connectivity index (χ4v) is 2.20. The summed E-state index contributed by atoms with van der Waals surface area (Å²) < 4.78 is 0. The number of rotatable bonds is 4. The van der Waals surface area contributed by atoms with Crippen molar-refractivity contribution in [3.8, 4) is 0 Å². The van der Waals surface area contributed by atoms with Gasteiger partial charge in [0.05, 0.1) is 5.56 Å². The van der Waals surface area contributed by atoms with Crippen LogP contribution in [0, 0.1) is 0 Å². The van der Waals surface area contributed by atoms with Crippen LogP contribution in [-0.2, 0) is 5.75 Å². The van der Waals surface area contributed by atoms with Gasteiger partial charge in [-0.1, -0.05) is 12.1 Å². The van der Waals surface area contributed by atoms with E-state index in [4.69, 9.17) is 0 Å². The normalized spacial score (nSPS) is 9.95. The lowest BCUT2D eigenvalue weighted by Crippen LogP contribution is -2.41. The number of hydrazine groups is 1. The van der Waals surface area contributed by atoms with E-state index in [1.165, 1.54) is 6.20 Å². The van der Waals surface area contributed by atoms with E-state index in [2.05, 4.69) is 15.8 Å². The molecule has 5 nitrogen and oxygen atoms in total. The highest BCUT2D eigenvalue weighted by atomic mass is 32.2. The van der Waals surface area contributed by atoms with Crippen LogP contribution in [-0.4, -0.2) is 23.1 Å². The molecule has 0 saturated heterocycles. The molecule has 6 heteroatoms. The van der Waals surface area contributed by atoms with E-state index in [1.54, 1.807) is 42.2 Å². The lowest BCUT2D eigenvalue weighted by atomic mass is 10.1. The molecule has 0 fully saturated rings. The first-order valence-corrected chi connectivity index (χ1v) is 7.68. The number of carbonyl (C=O) groups excluding carboxylic acids is 2. The highest BCUT2D eigenvalue weighted by Gasteiger charge is 2.08. The van der Waals surface area contributed by atoms with E-state index < -0.39 is 5.91 Å². The van der Waals surface area contributed by atoms with Crippen molar-refractivity contribution < 1.29 is 9.59 Å². The van der Waals surface area contributed by atoms with Crippen LogP contribution >= 0.6 is 11.8 Å². The van der Waals surface area contributed by atoms with Gasteiger partial charge in [-0.05, 0) is 36.1 Å². The van der Waals surface area contributed by atoms with Crippen LogP contribution in [0.25, 0.3) is 0 Å². The Morgan fingerprint density at radius 1 is 1.05 bits per heavy atom. The Morgan fingerprint density at radius 3 is 2.29 bits per heavy atom. The number of carbonyl (C=O) groups is 2. The van der Waals surface area contributed by atoms with Crippen LogP contribution in [0.4, 0.5) is 0 Å². The van der Waals surface area contributed by atoms with Gasteiger partial charge in [-0.3, -0.25) is 25.4 Å². The summed E-state index contributed by atoms with van der Waals surface area (Å²) in [6.45, 7) is 0. The van der Waals surface area contributed by atoms with E-state index in [9.17, 15) is 9.59 Å². The molecule has 2 aromatic rings. The summed E-state index contributed by atoms with van der Waals surface area (Å²) in [6, 6.07) is 10.5. The lowest BCUT2D eigenvalue weighted by molar-refractivity contribution is 0.0846. The summed E-state index contributed by atoms with van der Waals surface area (Å²) in [5.74, 6) is 0.137. The number of hydrogen-bond acceptors (Lipinski definition) is 4. The Morgan fingerprint density at radius 2 is 1.71 bits per heavy atom. The van der Waals surface area contributed by atoms with Crippen molar-refractivity contribution in [3.05, 3.63) is 65.5 Å². The SMILES string of the molecule is CSCc1ccc(C(=O)NNC(=O)c2cccnc2)cc1. The molecular weight excluding hydrogens is 286 g/mol. The second-order valence-electron chi connectivity index (χ2n) is 4.28. The first-order chi connectivity index (χ1) is 10.2. The number of thioether (sulfide) groups is 1. The van der Waals surface area contributed by atoms with Crippen molar-refractivity contribution in [1.29, 1.82) is 0 Å². The zero-order valence-electron chi connectivity index (χ0n) is 11.5. The molecule has 2 amide bonds. The Labute approximate surface area is 127 Å². The molecule has 0 saturated carbocycles. The number of pyridine rings is 1. The smallest absolute Gasteiger partial charge is 0.267 e. The summed E-state index contributed by atoms with van der Waals surface area (Å²) in [7, 11) is 0. The second-order valence-corrected chi connectivity index (χ2v) is 5.15. The molecule has 0 atom stereocenters. The quantitative estimate of drug-likeness (QED) is 0.848. The fourth-order valence-electron chi connectivity index (χ4n) is 1.67. The Bertz CT molecular complexity index is 615. The predicted molar refractivity (Wildman–Crippen MR) is 82.8 cm³/mol. The standard InChI is InChI=1S/C15H15N3O2S/c1-21-10-11-4-6-12(7-5-11)14(19)17-18-15(20)13-3-2-8-16-9-13/h2-9H,10H2,1H3,(H,17,19)(H,18,20). The van der Waals surface area contributed by atoms with Crippen LogP contribution in [0.5, 0.6) is 0 Å². The first kappa shape index (κ1) is 15.1. The van der Waals surface area contributed by atoms with Gasteiger partial charge < -0.3 is 0 Å². The highest BCUT2D eigenvalue weighted by Crippen LogP contribution is 2.10. The molecule has 0 unspecified atom stereocenters. The molecule has 1 aromatic carbocycles. The van der Waals surface area contributed by atoms with E-state index in [1.807, 2.05) is 18.4 Å². The number of benzene rings is 1. The van der Waals surface area contributed by atoms with Crippen LogP contribution in [0.15, 0.2) is 48.8 Å². The van der Waals surface area contributed by atoms with E-state index in [0.29, 0.717) is 11.1 Å². The zero-order valence-corrected chi connectivity index (χ0v) is 12.3. The molecule has 0 aliphatic carbocycles. The molecule has 2 N–H and O–H groups in total. The third-order valence-electron chi connectivity index (χ3n) is 2.74. The van der Waals surface area contributed by atoms with Gasteiger partial charge in [-0.15, -0.1) is 0 Å². The van der Waals surface area contributed by atoms with Crippen molar-refractivity contribution in [2.24, 2.45) is 0 Å². The summed E-state index contributed by atoms with van der Waals surface area (Å²) in [5, 5.41) is 0. The zero-order chi connectivity index (χ0) is 15.1.